The van der Waals surface area contributed by atoms with Crippen LogP contribution in [0.4, 0.5) is 0 Å². The highest BCUT2D eigenvalue weighted by Crippen LogP contribution is 2.42. The predicted octanol–water partition coefficient (Wildman–Crippen LogP) is 5.52. The number of hydrogen-bond acceptors (Lipinski definition) is 2. The Morgan fingerprint density at radius 1 is 0.955 bits per heavy atom. The summed E-state index contributed by atoms with van der Waals surface area (Å²) >= 11 is 0. The minimum absolute atomic E-state index is 0.182. The van der Waals surface area contributed by atoms with Gasteiger partial charge in [-0.05, 0) is 69.1 Å². The second-order valence-corrected chi connectivity index (χ2v) is 7.36. The van der Waals surface area contributed by atoms with Crippen LogP contribution < -0.4 is 0 Å². The Hall–Kier alpha value is -0.790. The molecule has 0 saturated heterocycles. The number of allylic oxidation sites excluding steroid dienone is 1. The Balaban J connectivity index is 1.68. The molecule has 0 aromatic rings. The maximum atomic E-state index is 11.4. The molecule has 0 aromatic heterocycles. The van der Waals surface area contributed by atoms with Crippen LogP contribution in [-0.2, 0) is 9.53 Å². The van der Waals surface area contributed by atoms with Gasteiger partial charge in [-0.25, -0.2) is 4.79 Å². The molecule has 0 amide bonds. The summed E-state index contributed by atoms with van der Waals surface area (Å²) in [6.07, 6.45) is 17.7. The summed E-state index contributed by atoms with van der Waals surface area (Å²) in [5.74, 6) is 3.37. The largest absolute Gasteiger partial charge is 0.463 e. The summed E-state index contributed by atoms with van der Waals surface area (Å²) < 4.78 is 4.95. The summed E-state index contributed by atoms with van der Waals surface area (Å²) in [4.78, 5) is 11.4. The van der Waals surface area contributed by atoms with Crippen molar-refractivity contribution >= 4 is 5.97 Å². The van der Waals surface area contributed by atoms with E-state index in [1.807, 2.05) is 6.92 Å². The molecule has 2 nitrogen and oxygen atoms in total. The summed E-state index contributed by atoms with van der Waals surface area (Å²) in [6.45, 7) is 4.64. The number of esters is 1. The molecule has 2 aliphatic carbocycles. The van der Waals surface area contributed by atoms with Crippen LogP contribution in [-0.4, -0.2) is 12.6 Å². The number of ether oxygens (including phenoxy) is 1. The van der Waals surface area contributed by atoms with Crippen LogP contribution in [0.2, 0.25) is 0 Å². The Bertz CT molecular complexity index is 345. The Morgan fingerprint density at radius 3 is 2.09 bits per heavy atom. The zero-order chi connectivity index (χ0) is 15.8. The molecule has 0 bridgehead atoms. The van der Waals surface area contributed by atoms with Gasteiger partial charge in [0, 0.05) is 6.08 Å². The summed E-state index contributed by atoms with van der Waals surface area (Å²) in [7, 11) is 0. The van der Waals surface area contributed by atoms with Crippen molar-refractivity contribution in [3.05, 3.63) is 12.2 Å². The second kappa shape index (κ2) is 9.37. The Kier molecular flexibility index (Phi) is 7.48. The molecule has 0 atom stereocenters. The third kappa shape index (κ3) is 5.44. The lowest BCUT2D eigenvalue weighted by Crippen LogP contribution is -2.25. The van der Waals surface area contributed by atoms with Crippen molar-refractivity contribution in [3.63, 3.8) is 0 Å². The Morgan fingerprint density at radius 2 is 1.55 bits per heavy atom. The lowest BCUT2D eigenvalue weighted by molar-refractivity contribution is -0.137. The van der Waals surface area contributed by atoms with E-state index >= 15 is 0 Å². The van der Waals surface area contributed by atoms with Gasteiger partial charge in [0.25, 0.3) is 0 Å². The van der Waals surface area contributed by atoms with Crippen LogP contribution in [0.15, 0.2) is 12.2 Å². The fraction of sp³-hybridized carbons (Fsp3) is 0.850. The maximum absolute atomic E-state index is 11.4. The zero-order valence-corrected chi connectivity index (χ0v) is 14.6. The zero-order valence-electron chi connectivity index (χ0n) is 14.6. The average molecular weight is 306 g/mol. The minimum Gasteiger partial charge on any atom is -0.463 e. The lowest BCUT2D eigenvalue weighted by Gasteiger charge is -2.37. The van der Waals surface area contributed by atoms with Crippen LogP contribution in [0.3, 0.4) is 0 Å². The fourth-order valence-corrected chi connectivity index (χ4v) is 4.57. The van der Waals surface area contributed by atoms with Crippen LogP contribution in [0, 0.1) is 23.7 Å². The number of carbonyl (C=O) groups is 1. The molecular formula is C20H34O2. The van der Waals surface area contributed by atoms with E-state index in [4.69, 9.17) is 4.74 Å². The van der Waals surface area contributed by atoms with Crippen molar-refractivity contribution in [2.24, 2.45) is 23.7 Å². The molecule has 0 heterocycles. The summed E-state index contributed by atoms with van der Waals surface area (Å²) in [6, 6.07) is 0. The molecule has 2 saturated carbocycles. The van der Waals surface area contributed by atoms with Crippen molar-refractivity contribution in [1.82, 2.24) is 0 Å². The predicted molar refractivity (Wildman–Crippen MR) is 91.6 cm³/mol. The van der Waals surface area contributed by atoms with E-state index in [9.17, 15) is 4.79 Å². The molecule has 22 heavy (non-hydrogen) atoms. The van der Waals surface area contributed by atoms with Gasteiger partial charge in [-0.1, -0.05) is 38.7 Å². The van der Waals surface area contributed by atoms with Gasteiger partial charge < -0.3 is 4.74 Å². The Labute approximate surface area is 136 Å². The topological polar surface area (TPSA) is 26.3 Å². The molecule has 2 heteroatoms. The van der Waals surface area contributed by atoms with Crippen molar-refractivity contribution in [2.75, 3.05) is 6.61 Å². The lowest BCUT2D eigenvalue weighted by atomic mass is 9.69. The van der Waals surface area contributed by atoms with Gasteiger partial charge in [0.05, 0.1) is 6.61 Å². The molecule has 2 aliphatic rings. The summed E-state index contributed by atoms with van der Waals surface area (Å²) in [5, 5.41) is 0. The second-order valence-electron chi connectivity index (χ2n) is 7.36. The van der Waals surface area contributed by atoms with E-state index in [2.05, 4.69) is 13.0 Å². The van der Waals surface area contributed by atoms with Crippen molar-refractivity contribution < 1.29 is 9.53 Å². The normalized spacial score (nSPS) is 33.0. The molecule has 0 spiro atoms. The van der Waals surface area contributed by atoms with Gasteiger partial charge in [-0.15, -0.1) is 0 Å². The molecule has 126 valence electrons. The van der Waals surface area contributed by atoms with Crippen LogP contribution >= 0.6 is 0 Å². The number of hydrogen-bond donors (Lipinski definition) is 0. The van der Waals surface area contributed by atoms with Gasteiger partial charge >= 0.3 is 5.97 Å². The molecule has 0 aliphatic heterocycles. The number of carbonyl (C=O) groups excluding carboxylic acids is 1. The SMILES string of the molecule is CCCC1CCC(C2CCC(C=CC(=O)OCC)CC2)CC1. The van der Waals surface area contributed by atoms with Crippen molar-refractivity contribution in [2.45, 2.75) is 78.1 Å². The monoisotopic (exact) mass is 306 g/mol. The molecule has 0 aromatic carbocycles. The van der Waals surface area contributed by atoms with E-state index in [-0.39, 0.29) is 5.97 Å². The highest BCUT2D eigenvalue weighted by molar-refractivity contribution is 5.81. The van der Waals surface area contributed by atoms with Gasteiger partial charge in [0.1, 0.15) is 0 Å². The number of rotatable bonds is 6. The molecule has 0 unspecified atom stereocenters. The molecule has 2 fully saturated rings. The van der Waals surface area contributed by atoms with E-state index in [0.717, 1.165) is 17.8 Å². The third-order valence-electron chi connectivity index (χ3n) is 5.86. The van der Waals surface area contributed by atoms with E-state index < -0.39 is 0 Å². The molecule has 2 rings (SSSR count). The van der Waals surface area contributed by atoms with Gasteiger partial charge in [0.15, 0.2) is 0 Å². The quantitative estimate of drug-likeness (QED) is 0.477. The maximum Gasteiger partial charge on any atom is 0.330 e. The van der Waals surface area contributed by atoms with E-state index in [1.165, 1.54) is 64.2 Å². The van der Waals surface area contributed by atoms with E-state index in [0.29, 0.717) is 12.5 Å². The first-order valence-corrected chi connectivity index (χ1v) is 9.57. The van der Waals surface area contributed by atoms with Crippen LogP contribution in [0.5, 0.6) is 0 Å². The van der Waals surface area contributed by atoms with Gasteiger partial charge in [0.2, 0.25) is 0 Å². The van der Waals surface area contributed by atoms with Crippen molar-refractivity contribution in [1.29, 1.82) is 0 Å². The minimum atomic E-state index is -0.182. The molecular weight excluding hydrogens is 272 g/mol. The first-order chi connectivity index (χ1) is 10.7. The third-order valence-corrected chi connectivity index (χ3v) is 5.86. The van der Waals surface area contributed by atoms with Gasteiger partial charge in [-0.3, -0.25) is 0 Å². The van der Waals surface area contributed by atoms with E-state index in [1.54, 1.807) is 6.08 Å². The van der Waals surface area contributed by atoms with Gasteiger partial charge in [-0.2, -0.15) is 0 Å². The van der Waals surface area contributed by atoms with Crippen LogP contribution in [0.25, 0.3) is 0 Å². The molecule has 0 radical (unpaired) electrons. The van der Waals surface area contributed by atoms with Crippen molar-refractivity contribution in [3.8, 4) is 0 Å². The highest BCUT2D eigenvalue weighted by atomic mass is 16.5. The smallest absolute Gasteiger partial charge is 0.330 e. The highest BCUT2D eigenvalue weighted by Gasteiger charge is 2.30. The first kappa shape index (κ1) is 17.6. The molecule has 0 N–H and O–H groups in total. The first-order valence-electron chi connectivity index (χ1n) is 9.57. The fourth-order valence-electron chi connectivity index (χ4n) is 4.57. The van der Waals surface area contributed by atoms with Crippen LogP contribution in [0.1, 0.15) is 78.1 Å². The summed E-state index contributed by atoms with van der Waals surface area (Å²) in [5.41, 5.74) is 0. The standard InChI is InChI=1S/C20H34O2/c1-3-5-16-6-11-18(12-7-16)19-13-8-17(9-14-19)10-15-20(21)22-4-2/h10,15-19H,3-9,11-14H2,1-2H3. The average Bonchev–Trinajstić information content (AvgIpc) is 2.55.